The molecule has 0 spiro atoms. The zero-order chi connectivity index (χ0) is 16.4. The lowest BCUT2D eigenvalue weighted by Gasteiger charge is -2.13. The lowest BCUT2D eigenvalue weighted by Crippen LogP contribution is -2.35. The van der Waals surface area contributed by atoms with Gasteiger partial charge in [0.15, 0.2) is 0 Å². The van der Waals surface area contributed by atoms with E-state index in [1.54, 1.807) is 37.1 Å². The number of nitrogens with one attached hydrogen (secondary N) is 2. The van der Waals surface area contributed by atoms with E-state index in [0.29, 0.717) is 0 Å². The third kappa shape index (κ3) is 3.07. The van der Waals surface area contributed by atoms with Gasteiger partial charge in [0.2, 0.25) is 5.91 Å². The SMILES string of the molecule is CC(O)CNC(=O)C(C)n1cc(-c2ncnc3[nH]ccc23)cn1. The van der Waals surface area contributed by atoms with Crippen LogP contribution < -0.4 is 5.32 Å². The smallest absolute Gasteiger partial charge is 0.244 e. The summed E-state index contributed by atoms with van der Waals surface area (Å²) in [5.74, 6) is -0.199. The van der Waals surface area contributed by atoms with Crippen LogP contribution in [0.1, 0.15) is 19.9 Å². The summed E-state index contributed by atoms with van der Waals surface area (Å²) in [4.78, 5) is 23.6. The van der Waals surface area contributed by atoms with Gasteiger partial charge in [-0.1, -0.05) is 0 Å². The maximum Gasteiger partial charge on any atom is 0.244 e. The molecule has 3 rings (SSSR count). The fourth-order valence-electron chi connectivity index (χ4n) is 2.29. The highest BCUT2D eigenvalue weighted by atomic mass is 16.3. The maximum absolute atomic E-state index is 12.1. The van der Waals surface area contributed by atoms with Crippen molar-refractivity contribution in [3.63, 3.8) is 0 Å². The summed E-state index contributed by atoms with van der Waals surface area (Å²) in [6.07, 6.45) is 6.17. The average Bonchev–Trinajstić information content (AvgIpc) is 3.20. The summed E-state index contributed by atoms with van der Waals surface area (Å²) < 4.78 is 1.58. The topological polar surface area (TPSA) is 109 Å². The number of rotatable bonds is 5. The van der Waals surface area contributed by atoms with Crippen molar-refractivity contribution in [2.45, 2.75) is 26.0 Å². The Morgan fingerprint density at radius 2 is 2.26 bits per heavy atom. The summed E-state index contributed by atoms with van der Waals surface area (Å²) >= 11 is 0. The minimum absolute atomic E-state index is 0.199. The van der Waals surface area contributed by atoms with Crippen molar-refractivity contribution in [3.8, 4) is 11.3 Å². The number of aliphatic hydroxyl groups excluding tert-OH is 1. The first-order chi connectivity index (χ1) is 11.1. The van der Waals surface area contributed by atoms with E-state index in [0.717, 1.165) is 22.3 Å². The molecule has 8 heteroatoms. The van der Waals surface area contributed by atoms with E-state index in [2.05, 4.69) is 25.4 Å². The molecular formula is C15H18N6O2. The van der Waals surface area contributed by atoms with E-state index in [4.69, 9.17) is 0 Å². The molecule has 0 aromatic carbocycles. The van der Waals surface area contributed by atoms with E-state index >= 15 is 0 Å². The van der Waals surface area contributed by atoms with Crippen LogP contribution in [0.15, 0.2) is 31.0 Å². The van der Waals surface area contributed by atoms with E-state index in [9.17, 15) is 9.90 Å². The Hall–Kier alpha value is -2.74. The molecule has 120 valence electrons. The highest BCUT2D eigenvalue weighted by molar-refractivity contribution is 5.90. The predicted octanol–water partition coefficient (Wildman–Crippen LogP) is 0.879. The molecule has 0 saturated carbocycles. The zero-order valence-electron chi connectivity index (χ0n) is 12.9. The van der Waals surface area contributed by atoms with Crippen LogP contribution in [0.3, 0.4) is 0 Å². The number of hydrogen-bond acceptors (Lipinski definition) is 5. The van der Waals surface area contributed by atoms with Gasteiger partial charge in [0.05, 0.1) is 18.0 Å². The Morgan fingerprint density at radius 3 is 3.04 bits per heavy atom. The van der Waals surface area contributed by atoms with Gasteiger partial charge in [-0.25, -0.2) is 9.97 Å². The van der Waals surface area contributed by atoms with Gasteiger partial charge in [0.1, 0.15) is 18.0 Å². The van der Waals surface area contributed by atoms with Gasteiger partial charge in [-0.2, -0.15) is 5.10 Å². The molecule has 0 radical (unpaired) electrons. The molecule has 2 atom stereocenters. The van der Waals surface area contributed by atoms with Gasteiger partial charge < -0.3 is 15.4 Å². The Kier molecular flexibility index (Phi) is 4.07. The Morgan fingerprint density at radius 1 is 1.43 bits per heavy atom. The zero-order valence-corrected chi connectivity index (χ0v) is 12.9. The monoisotopic (exact) mass is 314 g/mol. The van der Waals surface area contributed by atoms with Crippen molar-refractivity contribution in [2.75, 3.05) is 6.54 Å². The summed E-state index contributed by atoms with van der Waals surface area (Å²) in [6, 6.07) is 1.42. The fourth-order valence-corrected chi connectivity index (χ4v) is 2.29. The highest BCUT2D eigenvalue weighted by Crippen LogP contribution is 2.24. The number of fused-ring (bicyclic) bond motifs is 1. The lowest BCUT2D eigenvalue weighted by atomic mass is 10.2. The van der Waals surface area contributed by atoms with Crippen molar-refractivity contribution < 1.29 is 9.90 Å². The normalized spacial score (nSPS) is 13.9. The average molecular weight is 314 g/mol. The van der Waals surface area contributed by atoms with Crippen LogP contribution >= 0.6 is 0 Å². The van der Waals surface area contributed by atoms with Crippen LogP contribution in [0.4, 0.5) is 0 Å². The third-order valence-corrected chi connectivity index (χ3v) is 3.58. The quantitative estimate of drug-likeness (QED) is 0.648. The molecule has 0 bridgehead atoms. The Labute approximate surface area is 132 Å². The second-order valence-electron chi connectivity index (χ2n) is 5.44. The van der Waals surface area contributed by atoms with E-state index < -0.39 is 12.1 Å². The van der Waals surface area contributed by atoms with Crippen LogP contribution in [-0.2, 0) is 4.79 Å². The number of amides is 1. The van der Waals surface area contributed by atoms with Gasteiger partial charge in [-0.05, 0) is 19.9 Å². The van der Waals surface area contributed by atoms with Crippen LogP contribution in [-0.4, -0.2) is 48.4 Å². The summed E-state index contributed by atoms with van der Waals surface area (Å²) in [5.41, 5.74) is 2.33. The summed E-state index contributed by atoms with van der Waals surface area (Å²) in [6.45, 7) is 3.58. The molecule has 1 amide bonds. The molecule has 3 N–H and O–H groups in total. The standard InChI is InChI=1S/C15H18N6O2/c1-9(22)5-17-15(23)10(2)21-7-11(6-20-21)13-12-3-4-16-14(12)19-8-18-13/h3-4,6-10,22H,5H2,1-2H3,(H,17,23)(H,16,18,19). The van der Waals surface area contributed by atoms with Crippen molar-refractivity contribution in [3.05, 3.63) is 31.0 Å². The number of aromatic nitrogens is 5. The second kappa shape index (κ2) is 6.17. The Balaban J connectivity index is 1.83. The lowest BCUT2D eigenvalue weighted by molar-refractivity contribution is -0.124. The van der Waals surface area contributed by atoms with E-state index in [1.165, 1.54) is 6.33 Å². The minimum atomic E-state index is -0.581. The van der Waals surface area contributed by atoms with Crippen LogP contribution in [0, 0.1) is 0 Å². The van der Waals surface area contributed by atoms with Gasteiger partial charge in [0, 0.05) is 29.9 Å². The molecule has 0 aliphatic heterocycles. The van der Waals surface area contributed by atoms with Gasteiger partial charge >= 0.3 is 0 Å². The summed E-state index contributed by atoms with van der Waals surface area (Å²) in [7, 11) is 0. The highest BCUT2D eigenvalue weighted by Gasteiger charge is 2.17. The van der Waals surface area contributed by atoms with Crippen LogP contribution in [0.5, 0.6) is 0 Å². The van der Waals surface area contributed by atoms with E-state index in [-0.39, 0.29) is 12.5 Å². The number of aliphatic hydroxyl groups is 1. The first-order valence-corrected chi connectivity index (χ1v) is 7.34. The number of carbonyl (C=O) groups excluding carboxylic acids is 1. The molecular weight excluding hydrogens is 296 g/mol. The van der Waals surface area contributed by atoms with Crippen LogP contribution in [0.2, 0.25) is 0 Å². The molecule has 3 heterocycles. The fraction of sp³-hybridized carbons (Fsp3) is 0.333. The predicted molar refractivity (Wildman–Crippen MR) is 84.5 cm³/mol. The molecule has 0 aliphatic carbocycles. The number of hydrogen-bond donors (Lipinski definition) is 3. The molecule has 3 aromatic rings. The first-order valence-electron chi connectivity index (χ1n) is 7.34. The second-order valence-corrected chi connectivity index (χ2v) is 5.44. The third-order valence-electron chi connectivity index (χ3n) is 3.58. The largest absolute Gasteiger partial charge is 0.392 e. The van der Waals surface area contributed by atoms with Gasteiger partial charge in [-0.3, -0.25) is 9.48 Å². The Bertz CT molecular complexity index is 822. The number of carbonyl (C=O) groups is 1. The molecule has 8 nitrogen and oxygen atoms in total. The van der Waals surface area contributed by atoms with Crippen molar-refractivity contribution in [1.82, 2.24) is 30.0 Å². The molecule has 3 aromatic heterocycles. The molecule has 0 saturated heterocycles. The molecule has 23 heavy (non-hydrogen) atoms. The van der Waals surface area contributed by atoms with Crippen molar-refractivity contribution in [2.24, 2.45) is 0 Å². The summed E-state index contributed by atoms with van der Waals surface area (Å²) in [5, 5.41) is 17.1. The maximum atomic E-state index is 12.1. The number of aromatic amines is 1. The number of nitrogens with zero attached hydrogens (tertiary/aromatic N) is 4. The van der Waals surface area contributed by atoms with Crippen LogP contribution in [0.25, 0.3) is 22.3 Å². The molecule has 2 unspecified atom stereocenters. The van der Waals surface area contributed by atoms with Gasteiger partial charge in [0.25, 0.3) is 0 Å². The van der Waals surface area contributed by atoms with Crippen molar-refractivity contribution in [1.29, 1.82) is 0 Å². The number of H-pyrrole nitrogens is 1. The molecule has 0 aliphatic rings. The minimum Gasteiger partial charge on any atom is -0.392 e. The van der Waals surface area contributed by atoms with Gasteiger partial charge in [-0.15, -0.1) is 0 Å². The first kappa shape index (κ1) is 15.2. The van der Waals surface area contributed by atoms with E-state index in [1.807, 2.05) is 6.07 Å². The van der Waals surface area contributed by atoms with Crippen molar-refractivity contribution >= 4 is 16.9 Å². The molecule has 0 fully saturated rings.